The van der Waals surface area contributed by atoms with Crippen LogP contribution in [0.5, 0.6) is 0 Å². The highest BCUT2D eigenvalue weighted by Gasteiger charge is 2.24. The summed E-state index contributed by atoms with van der Waals surface area (Å²) in [6, 6.07) is 0.245. The van der Waals surface area contributed by atoms with Gasteiger partial charge in [0.25, 0.3) is 0 Å². The summed E-state index contributed by atoms with van der Waals surface area (Å²) in [6.45, 7) is 13.5. The van der Waals surface area contributed by atoms with E-state index in [2.05, 4.69) is 35.6 Å². The number of hydrogen-bond donors (Lipinski definition) is 0. The number of anilines is 1. The van der Waals surface area contributed by atoms with Crippen molar-refractivity contribution in [2.24, 2.45) is 0 Å². The van der Waals surface area contributed by atoms with Crippen LogP contribution >= 0.6 is 11.6 Å². The Morgan fingerprint density at radius 3 is 2.41 bits per heavy atom. The third-order valence-corrected chi connectivity index (χ3v) is 4.24. The fourth-order valence-corrected chi connectivity index (χ4v) is 2.74. The van der Waals surface area contributed by atoms with Gasteiger partial charge in [-0.1, -0.05) is 6.92 Å². The van der Waals surface area contributed by atoms with E-state index in [4.69, 9.17) is 11.6 Å². The number of hydrogen-bond acceptors (Lipinski definition) is 4. The van der Waals surface area contributed by atoms with E-state index < -0.39 is 5.37 Å². The Hall–Kier alpha value is -1.36. The van der Waals surface area contributed by atoms with E-state index in [9.17, 15) is 4.79 Å². The highest BCUT2D eigenvalue weighted by molar-refractivity contribution is 6.62. The second-order valence-electron chi connectivity index (χ2n) is 5.72. The van der Waals surface area contributed by atoms with Gasteiger partial charge in [-0.25, -0.2) is 9.97 Å². The molecule has 2 unspecified atom stereocenters. The summed E-state index contributed by atoms with van der Waals surface area (Å²) in [5.74, 6) is 1.67. The molecule has 0 fully saturated rings. The predicted molar refractivity (Wildman–Crippen MR) is 91.7 cm³/mol. The maximum atomic E-state index is 11.7. The molecule has 0 saturated heterocycles. The maximum absolute atomic E-state index is 11.7. The Labute approximate surface area is 138 Å². The smallest absolute Gasteiger partial charge is 0.316 e. The first-order valence-electron chi connectivity index (χ1n) is 7.84. The summed E-state index contributed by atoms with van der Waals surface area (Å²) in [5, 5.41) is -0.396. The number of amides is 1. The summed E-state index contributed by atoms with van der Waals surface area (Å²) >= 11 is 5.75. The average molecular weight is 327 g/mol. The Bertz CT molecular complexity index is 509. The zero-order valence-electron chi connectivity index (χ0n) is 14.4. The molecule has 0 aliphatic heterocycles. The van der Waals surface area contributed by atoms with Gasteiger partial charge in [0.2, 0.25) is 0 Å². The van der Waals surface area contributed by atoms with E-state index in [1.54, 1.807) is 4.90 Å². The van der Waals surface area contributed by atoms with Gasteiger partial charge in [0.1, 0.15) is 11.6 Å². The molecule has 0 spiro atoms. The van der Waals surface area contributed by atoms with Crippen LogP contribution in [0, 0.1) is 13.8 Å². The minimum atomic E-state index is -0.396. The number of rotatable bonds is 7. The summed E-state index contributed by atoms with van der Waals surface area (Å²) in [7, 11) is 0. The topological polar surface area (TPSA) is 49.3 Å². The van der Waals surface area contributed by atoms with E-state index in [1.807, 2.05) is 27.0 Å². The first kappa shape index (κ1) is 18.7. The fourth-order valence-electron chi connectivity index (χ4n) is 2.51. The fraction of sp³-hybridized carbons (Fsp3) is 0.688. The van der Waals surface area contributed by atoms with E-state index in [-0.39, 0.29) is 12.1 Å². The lowest BCUT2D eigenvalue weighted by atomic mass is 10.1. The lowest BCUT2D eigenvalue weighted by molar-refractivity contribution is 0.196. The van der Waals surface area contributed by atoms with E-state index in [1.165, 1.54) is 0 Å². The molecule has 22 heavy (non-hydrogen) atoms. The third kappa shape index (κ3) is 4.57. The highest BCUT2D eigenvalue weighted by Crippen LogP contribution is 2.20. The molecule has 1 rings (SSSR count). The molecule has 124 valence electrons. The molecule has 5 nitrogen and oxygen atoms in total. The van der Waals surface area contributed by atoms with Crippen molar-refractivity contribution in [1.29, 1.82) is 0 Å². The van der Waals surface area contributed by atoms with Crippen LogP contribution in [0.3, 0.4) is 0 Å². The van der Waals surface area contributed by atoms with E-state index >= 15 is 0 Å². The Balaban J connectivity index is 2.98. The summed E-state index contributed by atoms with van der Waals surface area (Å²) in [4.78, 5) is 24.4. The molecule has 0 saturated carbocycles. The maximum Gasteiger partial charge on any atom is 0.316 e. The van der Waals surface area contributed by atoms with Gasteiger partial charge in [-0.3, -0.25) is 4.79 Å². The summed E-state index contributed by atoms with van der Waals surface area (Å²) in [5.41, 5.74) is 1.03. The minimum absolute atomic E-state index is 0.120. The second-order valence-corrected chi connectivity index (χ2v) is 6.04. The quantitative estimate of drug-likeness (QED) is 0.565. The van der Waals surface area contributed by atoms with Gasteiger partial charge in [-0.2, -0.15) is 0 Å². The molecule has 6 heteroatoms. The van der Waals surface area contributed by atoms with E-state index in [0.717, 1.165) is 30.2 Å². The van der Waals surface area contributed by atoms with Crippen molar-refractivity contribution >= 4 is 22.8 Å². The minimum Gasteiger partial charge on any atom is -0.352 e. The zero-order chi connectivity index (χ0) is 16.9. The summed E-state index contributed by atoms with van der Waals surface area (Å²) < 4.78 is 0. The van der Waals surface area contributed by atoms with Crippen LogP contribution in [0.15, 0.2) is 6.20 Å². The molecule has 1 heterocycles. The Morgan fingerprint density at radius 2 is 1.91 bits per heavy atom. The molecule has 0 aliphatic carbocycles. The largest absolute Gasteiger partial charge is 0.352 e. The number of carbonyl (C=O) groups is 1. The van der Waals surface area contributed by atoms with Crippen molar-refractivity contribution in [1.82, 2.24) is 14.9 Å². The number of halogens is 1. The molecule has 2 atom stereocenters. The number of likely N-dealkylation sites (N-methyl/N-ethyl adjacent to an activating group) is 1. The van der Waals surface area contributed by atoms with Crippen LogP contribution in [0.1, 0.15) is 45.5 Å². The van der Waals surface area contributed by atoms with Crippen LogP contribution in [0.4, 0.5) is 10.6 Å². The van der Waals surface area contributed by atoms with Gasteiger partial charge in [-0.15, -0.1) is 0 Å². The highest BCUT2D eigenvalue weighted by atomic mass is 35.5. The van der Waals surface area contributed by atoms with Crippen molar-refractivity contribution in [3.8, 4) is 0 Å². The number of aromatic nitrogens is 2. The normalized spacial score (nSPS) is 13.6. The Kier molecular flexibility index (Phi) is 7.07. The molecule has 0 bridgehead atoms. The van der Waals surface area contributed by atoms with Gasteiger partial charge in [0.15, 0.2) is 0 Å². The van der Waals surface area contributed by atoms with Crippen LogP contribution in [-0.2, 0) is 0 Å². The molecule has 1 aromatic rings. The van der Waals surface area contributed by atoms with Crippen LogP contribution in [0.25, 0.3) is 0 Å². The monoisotopic (exact) mass is 326 g/mol. The first-order valence-corrected chi connectivity index (χ1v) is 8.22. The standard InChI is InChI=1S/C16H27ClN4O/c1-7-12(4)21(16(17)22)10-13(5)20(8-2)15-11(3)9-18-14(6)19-15/h9,12-13H,7-8,10H2,1-6H3. The lowest BCUT2D eigenvalue weighted by Gasteiger charge is -2.35. The average Bonchev–Trinajstić information content (AvgIpc) is 2.48. The van der Waals surface area contributed by atoms with Crippen LogP contribution in [0.2, 0.25) is 0 Å². The molecule has 0 radical (unpaired) electrons. The Morgan fingerprint density at radius 1 is 1.27 bits per heavy atom. The van der Waals surface area contributed by atoms with E-state index in [0.29, 0.717) is 6.54 Å². The molecule has 0 aliphatic rings. The van der Waals surface area contributed by atoms with Crippen LogP contribution < -0.4 is 4.90 Å². The van der Waals surface area contributed by atoms with Crippen LogP contribution in [-0.4, -0.2) is 45.4 Å². The van der Waals surface area contributed by atoms with Gasteiger partial charge in [0.05, 0.1) is 0 Å². The van der Waals surface area contributed by atoms with Crippen molar-refractivity contribution in [3.05, 3.63) is 17.6 Å². The zero-order valence-corrected chi connectivity index (χ0v) is 15.2. The molecule has 1 aromatic heterocycles. The number of nitrogens with zero attached hydrogens (tertiary/aromatic N) is 4. The third-order valence-electron chi connectivity index (χ3n) is 4.02. The molecular formula is C16H27ClN4O. The van der Waals surface area contributed by atoms with Gasteiger partial charge >= 0.3 is 5.37 Å². The van der Waals surface area contributed by atoms with Gasteiger partial charge in [-0.05, 0) is 52.6 Å². The van der Waals surface area contributed by atoms with Crippen molar-refractivity contribution in [2.75, 3.05) is 18.0 Å². The van der Waals surface area contributed by atoms with Crippen molar-refractivity contribution in [2.45, 2.75) is 60.0 Å². The van der Waals surface area contributed by atoms with Crippen molar-refractivity contribution < 1.29 is 4.79 Å². The van der Waals surface area contributed by atoms with Gasteiger partial charge < -0.3 is 9.80 Å². The van der Waals surface area contributed by atoms with Gasteiger partial charge in [0, 0.05) is 36.9 Å². The van der Waals surface area contributed by atoms with Crippen molar-refractivity contribution in [3.63, 3.8) is 0 Å². The molecule has 1 amide bonds. The number of carbonyl (C=O) groups excluding carboxylic acids is 1. The second kappa shape index (κ2) is 8.32. The summed E-state index contributed by atoms with van der Waals surface area (Å²) in [6.07, 6.45) is 2.72. The molecule has 0 N–H and O–H groups in total. The lowest BCUT2D eigenvalue weighted by Crippen LogP contribution is -2.47. The first-order chi connectivity index (χ1) is 10.3. The molecular weight excluding hydrogens is 300 g/mol. The predicted octanol–water partition coefficient (Wildman–Crippen LogP) is 3.77. The SMILES string of the molecule is CCC(C)N(CC(C)N(CC)c1nc(C)ncc1C)C(=O)Cl. The molecule has 0 aromatic carbocycles. The number of aryl methyl sites for hydroxylation is 2.